The van der Waals surface area contributed by atoms with Crippen molar-refractivity contribution >= 4 is 29.2 Å². The number of aryl methyl sites for hydroxylation is 1. The van der Waals surface area contributed by atoms with Gasteiger partial charge in [0.2, 0.25) is 0 Å². The van der Waals surface area contributed by atoms with E-state index < -0.39 is 29.7 Å². The van der Waals surface area contributed by atoms with Gasteiger partial charge in [0.1, 0.15) is 0 Å². The summed E-state index contributed by atoms with van der Waals surface area (Å²) in [4.78, 5) is 24.3. The molecule has 0 unspecified atom stereocenters. The first-order chi connectivity index (χ1) is 12.1. The molecule has 0 aliphatic carbocycles. The first-order valence-corrected chi connectivity index (χ1v) is 7.91. The Kier molecular flexibility index (Phi) is 5.92. The van der Waals surface area contributed by atoms with Crippen LogP contribution in [0.1, 0.15) is 28.4 Å². The van der Waals surface area contributed by atoms with Crippen LogP contribution in [0.4, 0.5) is 18.9 Å². The van der Waals surface area contributed by atoms with E-state index in [1.165, 1.54) is 6.92 Å². The summed E-state index contributed by atoms with van der Waals surface area (Å²) in [7, 11) is 0. The SMILES string of the molecule is Cc1ccccc1C(=O)O[C@@H](C)C(=O)Nc1cc(C(F)(F)F)ccc1Cl. The van der Waals surface area contributed by atoms with Crippen molar-refractivity contribution in [2.45, 2.75) is 26.1 Å². The average Bonchev–Trinajstić information content (AvgIpc) is 2.55. The molecule has 0 aliphatic rings. The van der Waals surface area contributed by atoms with E-state index in [0.29, 0.717) is 11.1 Å². The summed E-state index contributed by atoms with van der Waals surface area (Å²) >= 11 is 5.83. The molecule has 0 heterocycles. The highest BCUT2D eigenvalue weighted by Crippen LogP contribution is 2.33. The Morgan fingerprint density at radius 2 is 1.81 bits per heavy atom. The summed E-state index contributed by atoms with van der Waals surface area (Å²) in [6.45, 7) is 3.02. The minimum Gasteiger partial charge on any atom is -0.449 e. The number of amides is 1. The summed E-state index contributed by atoms with van der Waals surface area (Å²) in [6.07, 6.45) is -5.81. The van der Waals surface area contributed by atoms with Crippen LogP contribution in [0.5, 0.6) is 0 Å². The molecule has 0 spiro atoms. The normalized spacial score (nSPS) is 12.4. The van der Waals surface area contributed by atoms with Crippen LogP contribution in [0, 0.1) is 6.92 Å². The minimum atomic E-state index is -4.58. The van der Waals surface area contributed by atoms with Gasteiger partial charge in [-0.05, 0) is 43.7 Å². The number of hydrogen-bond acceptors (Lipinski definition) is 3. The number of alkyl halides is 3. The van der Waals surface area contributed by atoms with Gasteiger partial charge in [-0.3, -0.25) is 4.79 Å². The highest BCUT2D eigenvalue weighted by molar-refractivity contribution is 6.33. The highest BCUT2D eigenvalue weighted by Gasteiger charge is 2.31. The molecule has 0 radical (unpaired) electrons. The van der Waals surface area contributed by atoms with Gasteiger partial charge >= 0.3 is 12.1 Å². The standard InChI is InChI=1S/C18H15ClF3NO3/c1-10-5-3-4-6-13(10)17(25)26-11(2)16(24)23-15-9-12(18(20,21)22)7-8-14(15)19/h3-9,11H,1-2H3,(H,23,24)/t11-/m0/s1. The van der Waals surface area contributed by atoms with Crippen LogP contribution in [-0.4, -0.2) is 18.0 Å². The van der Waals surface area contributed by atoms with Gasteiger partial charge in [0, 0.05) is 0 Å². The molecule has 2 rings (SSSR count). The Hall–Kier alpha value is -2.54. The smallest absolute Gasteiger partial charge is 0.416 e. The third-order valence-electron chi connectivity index (χ3n) is 3.57. The molecular formula is C18H15ClF3NO3. The Bertz CT molecular complexity index is 837. The largest absolute Gasteiger partial charge is 0.449 e. The molecule has 138 valence electrons. The number of benzene rings is 2. The van der Waals surface area contributed by atoms with E-state index >= 15 is 0 Å². The molecule has 4 nitrogen and oxygen atoms in total. The number of hydrogen-bond donors (Lipinski definition) is 1. The number of rotatable bonds is 4. The molecule has 1 atom stereocenters. The summed E-state index contributed by atoms with van der Waals surface area (Å²) in [6, 6.07) is 9.21. The Morgan fingerprint density at radius 3 is 2.42 bits per heavy atom. The van der Waals surface area contributed by atoms with Gasteiger partial charge in [-0.25, -0.2) is 4.79 Å². The molecule has 8 heteroatoms. The quantitative estimate of drug-likeness (QED) is 0.765. The van der Waals surface area contributed by atoms with E-state index in [0.717, 1.165) is 18.2 Å². The lowest BCUT2D eigenvalue weighted by molar-refractivity contribution is -0.137. The second kappa shape index (κ2) is 7.78. The summed E-state index contributed by atoms with van der Waals surface area (Å²) in [5.41, 5.74) is -0.206. The fourth-order valence-electron chi connectivity index (χ4n) is 2.11. The van der Waals surface area contributed by atoms with Crippen LogP contribution in [0.3, 0.4) is 0 Å². The monoisotopic (exact) mass is 385 g/mol. The van der Waals surface area contributed by atoms with Crippen molar-refractivity contribution in [1.82, 2.24) is 0 Å². The molecule has 0 saturated heterocycles. The number of carbonyl (C=O) groups excluding carboxylic acids is 2. The minimum absolute atomic E-state index is 0.0659. The molecule has 1 N–H and O–H groups in total. The van der Waals surface area contributed by atoms with Crippen LogP contribution in [0.2, 0.25) is 5.02 Å². The Labute approximate surface area is 152 Å². The zero-order valence-electron chi connectivity index (χ0n) is 13.9. The molecule has 0 aromatic heterocycles. The van der Waals surface area contributed by atoms with Gasteiger partial charge in [0.15, 0.2) is 6.10 Å². The Morgan fingerprint density at radius 1 is 1.15 bits per heavy atom. The molecule has 1 amide bonds. The van der Waals surface area contributed by atoms with Gasteiger partial charge < -0.3 is 10.1 Å². The fraction of sp³-hybridized carbons (Fsp3) is 0.222. The van der Waals surface area contributed by atoms with Crippen LogP contribution in [0.25, 0.3) is 0 Å². The molecule has 2 aromatic rings. The molecule has 0 saturated carbocycles. The zero-order chi connectivity index (χ0) is 19.5. The maximum Gasteiger partial charge on any atom is 0.416 e. The van der Waals surface area contributed by atoms with E-state index in [2.05, 4.69) is 5.32 Å². The number of nitrogens with one attached hydrogen (secondary N) is 1. The molecule has 0 fully saturated rings. The average molecular weight is 386 g/mol. The van der Waals surface area contributed by atoms with E-state index in [9.17, 15) is 22.8 Å². The van der Waals surface area contributed by atoms with Gasteiger partial charge in [0.25, 0.3) is 5.91 Å². The van der Waals surface area contributed by atoms with Crippen LogP contribution < -0.4 is 5.32 Å². The first kappa shape index (κ1) is 19.8. The summed E-state index contributed by atoms with van der Waals surface area (Å²) in [5.74, 6) is -1.51. The fourth-order valence-corrected chi connectivity index (χ4v) is 2.28. The number of halogens is 4. The lowest BCUT2D eigenvalue weighted by Gasteiger charge is -2.16. The number of esters is 1. The van der Waals surface area contributed by atoms with Crippen molar-refractivity contribution in [2.24, 2.45) is 0 Å². The van der Waals surface area contributed by atoms with Crippen LogP contribution in [0.15, 0.2) is 42.5 Å². The Balaban J connectivity index is 2.10. The topological polar surface area (TPSA) is 55.4 Å². The second-order valence-corrected chi connectivity index (χ2v) is 5.95. The van der Waals surface area contributed by atoms with E-state index in [1.807, 2.05) is 0 Å². The van der Waals surface area contributed by atoms with Gasteiger partial charge in [-0.2, -0.15) is 13.2 Å². The summed E-state index contributed by atoms with van der Waals surface area (Å²) < 4.78 is 43.4. The van der Waals surface area contributed by atoms with Crippen molar-refractivity contribution < 1.29 is 27.5 Å². The third kappa shape index (κ3) is 4.76. The third-order valence-corrected chi connectivity index (χ3v) is 3.90. The van der Waals surface area contributed by atoms with Crippen molar-refractivity contribution in [2.75, 3.05) is 5.32 Å². The van der Waals surface area contributed by atoms with Crippen molar-refractivity contribution in [3.8, 4) is 0 Å². The van der Waals surface area contributed by atoms with Gasteiger partial charge in [-0.1, -0.05) is 29.8 Å². The van der Waals surface area contributed by atoms with Crippen molar-refractivity contribution in [3.63, 3.8) is 0 Å². The predicted octanol–water partition coefficient (Wildman–Crippen LogP) is 4.85. The van der Waals surface area contributed by atoms with E-state index in [-0.39, 0.29) is 10.7 Å². The zero-order valence-corrected chi connectivity index (χ0v) is 14.6. The molecule has 0 bridgehead atoms. The van der Waals surface area contributed by atoms with E-state index in [1.54, 1.807) is 31.2 Å². The predicted molar refractivity (Wildman–Crippen MR) is 91.1 cm³/mol. The number of ether oxygens (including phenoxy) is 1. The van der Waals surface area contributed by atoms with E-state index in [4.69, 9.17) is 16.3 Å². The van der Waals surface area contributed by atoms with Crippen molar-refractivity contribution in [3.05, 3.63) is 64.2 Å². The molecule has 26 heavy (non-hydrogen) atoms. The number of anilines is 1. The van der Waals surface area contributed by atoms with Gasteiger partial charge in [-0.15, -0.1) is 0 Å². The molecular weight excluding hydrogens is 371 g/mol. The lowest BCUT2D eigenvalue weighted by Crippen LogP contribution is -2.30. The molecule has 2 aromatic carbocycles. The highest BCUT2D eigenvalue weighted by atomic mass is 35.5. The number of carbonyl (C=O) groups is 2. The maximum absolute atomic E-state index is 12.8. The van der Waals surface area contributed by atoms with Crippen LogP contribution >= 0.6 is 11.6 Å². The lowest BCUT2D eigenvalue weighted by atomic mass is 10.1. The first-order valence-electron chi connectivity index (χ1n) is 7.54. The van der Waals surface area contributed by atoms with Crippen molar-refractivity contribution in [1.29, 1.82) is 0 Å². The van der Waals surface area contributed by atoms with Gasteiger partial charge in [0.05, 0.1) is 21.8 Å². The van der Waals surface area contributed by atoms with Crippen LogP contribution in [-0.2, 0) is 15.7 Å². The molecule has 0 aliphatic heterocycles. The maximum atomic E-state index is 12.8. The second-order valence-electron chi connectivity index (χ2n) is 5.54. The summed E-state index contributed by atoms with van der Waals surface area (Å²) in [5, 5.41) is 2.18.